The second-order valence-electron chi connectivity index (χ2n) is 7.58. The Morgan fingerprint density at radius 3 is 2.62 bits per heavy atom. The number of carboxylic acids is 1. The molecule has 0 saturated heterocycles. The van der Waals surface area contributed by atoms with Gasteiger partial charge in [0.1, 0.15) is 4.70 Å². The predicted molar refractivity (Wildman–Crippen MR) is 137 cm³/mol. The summed E-state index contributed by atoms with van der Waals surface area (Å²) in [5, 5.41) is 11.5. The van der Waals surface area contributed by atoms with Crippen LogP contribution in [0.25, 0.3) is 16.3 Å². The number of thioether (sulfide) groups is 1. The predicted octanol–water partition coefficient (Wildman–Crippen LogP) is 5.65. The Morgan fingerprint density at radius 1 is 1.21 bits per heavy atom. The van der Waals surface area contributed by atoms with Crippen molar-refractivity contribution in [2.75, 3.05) is 11.4 Å². The van der Waals surface area contributed by atoms with Crippen LogP contribution in [0.1, 0.15) is 35.6 Å². The Bertz CT molecular complexity index is 1460. The monoisotopic (exact) mass is 537 g/mol. The molecule has 1 aromatic heterocycles. The number of rotatable bonds is 7. The maximum Gasteiger partial charge on any atom is 0.335 e. The third kappa shape index (κ3) is 5.16. The molecule has 0 fully saturated rings. The van der Waals surface area contributed by atoms with Gasteiger partial charge in [-0.25, -0.2) is 4.79 Å². The van der Waals surface area contributed by atoms with Crippen LogP contribution >= 0.6 is 34.7 Å². The third-order valence-electron chi connectivity index (χ3n) is 5.30. The van der Waals surface area contributed by atoms with Crippen LogP contribution in [0.3, 0.4) is 0 Å². The second kappa shape index (κ2) is 9.71. The maximum absolute atomic E-state index is 11.7. The highest BCUT2D eigenvalue weighted by atomic mass is 35.5. The average Bonchev–Trinajstić information content (AvgIpc) is 3.28. The lowest BCUT2D eigenvalue weighted by Crippen LogP contribution is -2.39. The first-order chi connectivity index (χ1) is 16.1. The molecule has 2 heterocycles. The normalized spacial score (nSPS) is 15.4. The first-order valence-electron chi connectivity index (χ1n) is 10.4. The molecule has 0 saturated carbocycles. The summed E-state index contributed by atoms with van der Waals surface area (Å²) in [6, 6.07) is 10.3. The van der Waals surface area contributed by atoms with Crippen LogP contribution < -0.4 is 9.47 Å². The molecule has 4 rings (SSSR count). The van der Waals surface area contributed by atoms with E-state index in [0.717, 1.165) is 25.9 Å². The maximum atomic E-state index is 11.7. The number of carboxylic acid groups (broad SMARTS) is 1. The molecule has 11 heteroatoms. The van der Waals surface area contributed by atoms with Gasteiger partial charge in [0.05, 0.1) is 16.3 Å². The van der Waals surface area contributed by atoms with E-state index in [1.54, 1.807) is 40.6 Å². The molecule has 3 aromatic rings. The van der Waals surface area contributed by atoms with Crippen LogP contribution in [0.15, 0.2) is 58.0 Å². The number of nitrogens with zero attached hydrogens (tertiary/aromatic N) is 2. The molecule has 178 valence electrons. The number of hydrogen-bond donors (Lipinski definition) is 2. The van der Waals surface area contributed by atoms with E-state index >= 15 is 0 Å². The number of fused-ring (bicyclic) bond motifs is 2. The molecule has 0 atom stereocenters. The third-order valence-corrected chi connectivity index (χ3v) is 8.35. The number of aromatic carboxylic acids is 1. The van der Waals surface area contributed by atoms with Crippen molar-refractivity contribution in [2.45, 2.75) is 31.0 Å². The van der Waals surface area contributed by atoms with E-state index in [1.807, 2.05) is 38.1 Å². The number of anilines is 1. The fraction of sp³-hybridized carbons (Fsp3) is 0.217. The van der Waals surface area contributed by atoms with Gasteiger partial charge in [0.15, 0.2) is 0 Å². The van der Waals surface area contributed by atoms with Crippen LogP contribution in [0.2, 0.25) is 5.02 Å². The topological polar surface area (TPSA) is 98.8 Å². The van der Waals surface area contributed by atoms with Crippen molar-refractivity contribution in [3.05, 3.63) is 68.7 Å². The smallest absolute Gasteiger partial charge is 0.335 e. The summed E-state index contributed by atoms with van der Waals surface area (Å²) in [6.07, 6.45) is 4.62. The van der Waals surface area contributed by atoms with E-state index in [2.05, 4.69) is 4.90 Å². The molecule has 0 unspecified atom stereocenters. The van der Waals surface area contributed by atoms with Crippen molar-refractivity contribution in [2.24, 2.45) is 0 Å². The van der Waals surface area contributed by atoms with Crippen molar-refractivity contribution >= 4 is 72.8 Å². The molecule has 7 nitrogen and oxygen atoms in total. The van der Waals surface area contributed by atoms with Crippen LogP contribution in [-0.4, -0.2) is 30.6 Å². The molecule has 2 aromatic carbocycles. The molecular weight excluding hydrogens is 516 g/mol. The number of hydrogen-bond acceptors (Lipinski definition) is 6. The van der Waals surface area contributed by atoms with Gasteiger partial charge < -0.3 is 10.0 Å². The Balaban J connectivity index is 1.78. The molecule has 0 spiro atoms. The summed E-state index contributed by atoms with van der Waals surface area (Å²) in [7, 11) is -4.28. The molecule has 0 bridgehead atoms. The van der Waals surface area contributed by atoms with Gasteiger partial charge in [0.25, 0.3) is 10.9 Å². The number of aromatic nitrogens is 1. The Labute approximate surface area is 210 Å². The van der Waals surface area contributed by atoms with Crippen LogP contribution in [-0.2, 0) is 16.0 Å². The minimum Gasteiger partial charge on any atom is -0.478 e. The Kier molecular flexibility index (Phi) is 7.07. The summed E-state index contributed by atoms with van der Waals surface area (Å²) in [4.78, 5) is 14.5. The largest absolute Gasteiger partial charge is 0.478 e. The van der Waals surface area contributed by atoms with E-state index in [4.69, 9.17) is 11.6 Å². The van der Waals surface area contributed by atoms with Crippen molar-refractivity contribution in [1.82, 2.24) is 0 Å². The number of allylic oxidation sites excluding steroid dienone is 2. The number of thiazole rings is 1. The Hall–Kier alpha value is -2.37. The number of benzene rings is 2. The highest BCUT2D eigenvalue weighted by Gasteiger charge is 2.27. The van der Waals surface area contributed by atoms with Gasteiger partial charge in [-0.05, 0) is 55.3 Å². The fourth-order valence-electron chi connectivity index (χ4n) is 3.71. The summed E-state index contributed by atoms with van der Waals surface area (Å²) < 4.78 is 35.4. The molecular formula is C23H22ClN2O5S3+. The van der Waals surface area contributed by atoms with Crippen LogP contribution in [0, 0.1) is 0 Å². The van der Waals surface area contributed by atoms with Gasteiger partial charge in [-0.3, -0.25) is 4.55 Å². The standard InChI is InChI=1S/C23H21ClN2O5S3/c1-3-14(9-21-25(4-2)17-11-15(23(27)28)5-7-19(17)32-21)10-22-26(13-34(29,30)31)18-12-16(24)6-8-20(18)33-22/h5-12H,3-4,13H2,1-2H3,(H-,27,28,29,30,31)/p+1. The summed E-state index contributed by atoms with van der Waals surface area (Å²) >= 11 is 9.11. The first-order valence-corrected chi connectivity index (χ1v) is 14.0. The van der Waals surface area contributed by atoms with Gasteiger partial charge in [0, 0.05) is 28.6 Å². The SMILES string of the molecule is CCC(=C/c1sc2ccc(Cl)cc2[n+]1CS(=O)(=O)O)/C=C1\Sc2ccc(C(=O)O)cc2N1CC. The minimum absolute atomic E-state index is 0.237. The zero-order valence-electron chi connectivity index (χ0n) is 18.4. The van der Waals surface area contributed by atoms with E-state index in [1.165, 1.54) is 11.3 Å². The fourth-order valence-corrected chi connectivity index (χ4v) is 6.86. The number of carbonyl (C=O) groups is 1. The molecule has 2 N–H and O–H groups in total. The van der Waals surface area contributed by atoms with Gasteiger partial charge in [0.2, 0.25) is 5.52 Å². The van der Waals surface area contributed by atoms with Gasteiger partial charge in [-0.2, -0.15) is 13.0 Å². The zero-order valence-corrected chi connectivity index (χ0v) is 21.6. The second-order valence-corrected chi connectivity index (χ2v) is 11.6. The van der Waals surface area contributed by atoms with E-state index in [-0.39, 0.29) is 5.56 Å². The summed E-state index contributed by atoms with van der Waals surface area (Å²) in [6.45, 7) is 4.67. The zero-order chi connectivity index (χ0) is 24.6. The molecule has 1 aliphatic heterocycles. The molecule has 1 aliphatic rings. The quantitative estimate of drug-likeness (QED) is 0.296. The van der Waals surface area contributed by atoms with Crippen molar-refractivity contribution in [3.8, 4) is 0 Å². The van der Waals surface area contributed by atoms with Crippen molar-refractivity contribution in [1.29, 1.82) is 0 Å². The van der Waals surface area contributed by atoms with E-state index in [9.17, 15) is 22.9 Å². The minimum atomic E-state index is -4.28. The lowest BCUT2D eigenvalue weighted by atomic mass is 10.1. The first kappa shape index (κ1) is 24.7. The number of halogens is 1. The Morgan fingerprint density at radius 2 is 1.97 bits per heavy atom. The van der Waals surface area contributed by atoms with Crippen LogP contribution in [0.5, 0.6) is 0 Å². The van der Waals surface area contributed by atoms with Gasteiger partial charge in [-0.15, -0.1) is 0 Å². The van der Waals surface area contributed by atoms with Gasteiger partial charge >= 0.3 is 16.1 Å². The molecule has 0 radical (unpaired) electrons. The lowest BCUT2D eigenvalue weighted by Gasteiger charge is -2.18. The highest BCUT2D eigenvalue weighted by Crippen LogP contribution is 2.46. The van der Waals surface area contributed by atoms with Crippen molar-refractivity contribution in [3.63, 3.8) is 0 Å². The molecule has 0 aliphatic carbocycles. The summed E-state index contributed by atoms with van der Waals surface area (Å²) in [5.41, 5.74) is 2.67. The van der Waals surface area contributed by atoms with Gasteiger partial charge in [-0.1, -0.05) is 41.6 Å². The van der Waals surface area contributed by atoms with E-state index in [0.29, 0.717) is 28.5 Å². The summed E-state index contributed by atoms with van der Waals surface area (Å²) in [5.74, 6) is -1.55. The molecule has 34 heavy (non-hydrogen) atoms. The van der Waals surface area contributed by atoms with Crippen LogP contribution in [0.4, 0.5) is 5.69 Å². The lowest BCUT2D eigenvalue weighted by molar-refractivity contribution is -0.649. The molecule has 0 amide bonds. The van der Waals surface area contributed by atoms with Crippen molar-refractivity contribution < 1.29 is 27.4 Å². The average molecular weight is 538 g/mol. The highest BCUT2D eigenvalue weighted by molar-refractivity contribution is 8.03. The van der Waals surface area contributed by atoms with E-state index < -0.39 is 22.0 Å².